The maximum absolute atomic E-state index is 12.8. The Kier molecular flexibility index (Phi) is 5.67. The molecule has 0 spiro atoms. The zero-order valence-electron chi connectivity index (χ0n) is 13.8. The average Bonchev–Trinajstić information content (AvgIpc) is 2.93. The van der Waals surface area contributed by atoms with E-state index in [1.165, 1.54) is 6.07 Å². The Balaban J connectivity index is 1.93. The highest BCUT2D eigenvalue weighted by Crippen LogP contribution is 2.38. The van der Waals surface area contributed by atoms with Crippen LogP contribution >= 0.6 is 23.4 Å². The molecule has 0 unspecified atom stereocenters. The smallest absolute Gasteiger partial charge is 0.416 e. The Bertz CT molecular complexity index is 988. The first-order valence-electron chi connectivity index (χ1n) is 7.97. The van der Waals surface area contributed by atoms with Gasteiger partial charge in [-0.3, -0.25) is 4.79 Å². The Labute approximate surface area is 162 Å². The second-order valence-electron chi connectivity index (χ2n) is 5.78. The third kappa shape index (κ3) is 4.56. The lowest BCUT2D eigenvalue weighted by molar-refractivity contribution is -0.138. The molecule has 3 aromatic rings. The van der Waals surface area contributed by atoms with Crippen LogP contribution in [0, 0.1) is 0 Å². The maximum Gasteiger partial charge on any atom is 0.416 e. The van der Waals surface area contributed by atoms with Gasteiger partial charge in [-0.1, -0.05) is 35.5 Å². The second kappa shape index (κ2) is 7.82. The molecule has 2 aromatic carbocycles. The number of carboxylic acids is 1. The number of hydrogen-bond acceptors (Lipinski definition) is 3. The van der Waals surface area contributed by atoms with Crippen LogP contribution in [0.4, 0.5) is 13.2 Å². The first-order chi connectivity index (χ1) is 12.8. The van der Waals surface area contributed by atoms with E-state index in [1.54, 1.807) is 0 Å². The molecular formula is C18H14ClF3N2O2S. The largest absolute Gasteiger partial charge is 0.481 e. The van der Waals surface area contributed by atoms with Crippen LogP contribution in [-0.2, 0) is 17.5 Å². The number of nitrogens with zero attached hydrogens (tertiary/aromatic N) is 2. The summed E-state index contributed by atoms with van der Waals surface area (Å²) in [5.74, 6) is -0.889. The lowest BCUT2D eigenvalue weighted by Gasteiger charge is -2.11. The fourth-order valence-electron chi connectivity index (χ4n) is 2.59. The summed E-state index contributed by atoms with van der Waals surface area (Å²) in [6, 6.07) is 10.5. The van der Waals surface area contributed by atoms with E-state index in [0.717, 1.165) is 34.9 Å². The molecule has 0 saturated carbocycles. The van der Waals surface area contributed by atoms with Crippen LogP contribution in [0.15, 0.2) is 52.5 Å². The maximum atomic E-state index is 12.8. The van der Waals surface area contributed by atoms with Gasteiger partial charge in [-0.25, -0.2) is 4.98 Å². The number of para-hydroxylation sites is 2. The van der Waals surface area contributed by atoms with E-state index in [-0.39, 0.29) is 11.4 Å². The molecule has 1 N–H and O–H groups in total. The predicted molar refractivity (Wildman–Crippen MR) is 97.2 cm³/mol. The standard InChI is InChI=1S/C18H14ClF3N2O2S/c19-12-10-11(18(20,21)22)7-8-15(12)27-17-23-13-4-1-2-5-14(13)24(17)9-3-6-16(25)26/h1-2,4-5,7-8,10H,3,6,9H2,(H,25,26). The van der Waals surface area contributed by atoms with Crippen molar-refractivity contribution in [2.75, 3.05) is 0 Å². The van der Waals surface area contributed by atoms with Gasteiger partial charge in [0.05, 0.1) is 21.6 Å². The highest BCUT2D eigenvalue weighted by Gasteiger charge is 2.31. The second-order valence-corrected chi connectivity index (χ2v) is 7.19. The third-order valence-electron chi connectivity index (χ3n) is 3.85. The predicted octanol–water partition coefficient (Wildman–Crippen LogP) is 5.72. The van der Waals surface area contributed by atoms with Gasteiger partial charge in [0.1, 0.15) is 0 Å². The molecule has 0 radical (unpaired) electrons. The Morgan fingerprint density at radius 1 is 1.22 bits per heavy atom. The zero-order valence-corrected chi connectivity index (χ0v) is 15.4. The molecule has 0 bridgehead atoms. The number of alkyl halides is 3. The number of aliphatic carboxylic acids is 1. The van der Waals surface area contributed by atoms with Crippen LogP contribution < -0.4 is 0 Å². The summed E-state index contributed by atoms with van der Waals surface area (Å²) in [4.78, 5) is 15.7. The van der Waals surface area contributed by atoms with Crippen LogP contribution in [0.3, 0.4) is 0 Å². The van der Waals surface area contributed by atoms with E-state index in [1.807, 2.05) is 28.8 Å². The normalized spacial score (nSPS) is 11.9. The summed E-state index contributed by atoms with van der Waals surface area (Å²) in [7, 11) is 0. The SMILES string of the molecule is O=C(O)CCCn1c(Sc2ccc(C(F)(F)F)cc2Cl)nc2ccccc21. The molecule has 1 heterocycles. The summed E-state index contributed by atoms with van der Waals surface area (Å²) < 4.78 is 40.3. The summed E-state index contributed by atoms with van der Waals surface area (Å²) >= 11 is 7.20. The number of carboxylic acid groups (broad SMARTS) is 1. The number of hydrogen-bond donors (Lipinski definition) is 1. The van der Waals surface area contributed by atoms with Crippen LogP contribution in [0.5, 0.6) is 0 Å². The van der Waals surface area contributed by atoms with Crippen molar-refractivity contribution in [3.63, 3.8) is 0 Å². The monoisotopic (exact) mass is 414 g/mol. The van der Waals surface area contributed by atoms with E-state index in [9.17, 15) is 18.0 Å². The van der Waals surface area contributed by atoms with E-state index in [0.29, 0.717) is 23.0 Å². The number of aryl methyl sites for hydroxylation is 1. The van der Waals surface area contributed by atoms with Crippen molar-refractivity contribution in [3.8, 4) is 0 Å². The van der Waals surface area contributed by atoms with Crippen molar-refractivity contribution in [1.82, 2.24) is 9.55 Å². The van der Waals surface area contributed by atoms with Gasteiger partial charge in [0.15, 0.2) is 5.16 Å². The van der Waals surface area contributed by atoms with Gasteiger partial charge in [0.2, 0.25) is 0 Å². The number of rotatable bonds is 6. The van der Waals surface area contributed by atoms with Crippen LogP contribution in [0.25, 0.3) is 11.0 Å². The average molecular weight is 415 g/mol. The molecule has 0 aliphatic rings. The van der Waals surface area contributed by atoms with Gasteiger partial charge in [-0.2, -0.15) is 13.2 Å². The topological polar surface area (TPSA) is 55.1 Å². The fraction of sp³-hybridized carbons (Fsp3) is 0.222. The Hall–Kier alpha value is -2.19. The molecule has 0 atom stereocenters. The first-order valence-corrected chi connectivity index (χ1v) is 9.17. The molecule has 0 saturated heterocycles. The van der Waals surface area contributed by atoms with Crippen LogP contribution in [0.1, 0.15) is 18.4 Å². The van der Waals surface area contributed by atoms with Crippen molar-refractivity contribution >= 4 is 40.4 Å². The van der Waals surface area contributed by atoms with E-state index in [2.05, 4.69) is 4.98 Å². The molecule has 27 heavy (non-hydrogen) atoms. The minimum Gasteiger partial charge on any atom is -0.481 e. The third-order valence-corrected chi connectivity index (χ3v) is 5.35. The fourth-order valence-corrected chi connectivity index (χ4v) is 3.82. The lowest BCUT2D eigenvalue weighted by atomic mass is 10.2. The van der Waals surface area contributed by atoms with Gasteiger partial charge < -0.3 is 9.67 Å². The number of halogens is 4. The number of benzene rings is 2. The zero-order chi connectivity index (χ0) is 19.6. The van der Waals surface area contributed by atoms with Crippen molar-refractivity contribution in [2.45, 2.75) is 35.6 Å². The first kappa shape index (κ1) is 19.6. The Morgan fingerprint density at radius 2 is 1.96 bits per heavy atom. The lowest BCUT2D eigenvalue weighted by Crippen LogP contribution is -2.05. The molecular weight excluding hydrogens is 401 g/mol. The minimum atomic E-state index is -4.46. The number of aromatic nitrogens is 2. The molecule has 0 amide bonds. The van der Waals surface area contributed by atoms with E-state index in [4.69, 9.17) is 16.7 Å². The van der Waals surface area contributed by atoms with Crippen LogP contribution in [-0.4, -0.2) is 20.6 Å². The van der Waals surface area contributed by atoms with Gasteiger partial charge in [0, 0.05) is 17.9 Å². The number of carbonyl (C=O) groups is 1. The van der Waals surface area contributed by atoms with Crippen LogP contribution in [0.2, 0.25) is 5.02 Å². The summed E-state index contributed by atoms with van der Waals surface area (Å²) in [6.45, 7) is 0.424. The minimum absolute atomic E-state index is 0.0116. The molecule has 0 aliphatic heterocycles. The molecule has 142 valence electrons. The van der Waals surface area contributed by atoms with E-state index < -0.39 is 17.7 Å². The molecule has 4 nitrogen and oxygen atoms in total. The summed E-state index contributed by atoms with van der Waals surface area (Å²) in [5.41, 5.74) is 0.735. The van der Waals surface area contributed by atoms with Gasteiger partial charge in [-0.15, -0.1) is 0 Å². The summed E-state index contributed by atoms with van der Waals surface area (Å²) in [5, 5.41) is 9.38. The van der Waals surface area contributed by atoms with Gasteiger partial charge >= 0.3 is 12.1 Å². The molecule has 1 aromatic heterocycles. The van der Waals surface area contributed by atoms with Crippen molar-refractivity contribution in [2.24, 2.45) is 0 Å². The Morgan fingerprint density at radius 3 is 2.63 bits per heavy atom. The molecule has 0 aliphatic carbocycles. The molecule has 3 rings (SSSR count). The number of fused-ring (bicyclic) bond motifs is 1. The quantitative estimate of drug-likeness (QED) is 0.560. The van der Waals surface area contributed by atoms with Gasteiger partial charge in [-0.05, 0) is 36.8 Å². The van der Waals surface area contributed by atoms with Crippen molar-refractivity contribution in [3.05, 3.63) is 53.1 Å². The van der Waals surface area contributed by atoms with Crippen molar-refractivity contribution in [1.29, 1.82) is 0 Å². The highest BCUT2D eigenvalue weighted by atomic mass is 35.5. The van der Waals surface area contributed by atoms with Crippen molar-refractivity contribution < 1.29 is 23.1 Å². The highest BCUT2D eigenvalue weighted by molar-refractivity contribution is 7.99. The molecule has 0 fully saturated rings. The van der Waals surface area contributed by atoms with Gasteiger partial charge in [0.25, 0.3) is 0 Å². The van der Waals surface area contributed by atoms with E-state index >= 15 is 0 Å². The molecule has 9 heteroatoms. The number of imidazole rings is 1. The summed E-state index contributed by atoms with van der Waals surface area (Å²) in [6.07, 6.45) is -4.04.